The van der Waals surface area contributed by atoms with Crippen molar-refractivity contribution in [3.63, 3.8) is 0 Å². The molecule has 0 saturated carbocycles. The first kappa shape index (κ1) is 20.5. The van der Waals surface area contributed by atoms with Gasteiger partial charge in [0.15, 0.2) is 5.82 Å². The normalized spacial score (nSPS) is 11.6. The second kappa shape index (κ2) is 8.45. The van der Waals surface area contributed by atoms with E-state index >= 15 is 0 Å². The van der Waals surface area contributed by atoms with E-state index in [1.165, 1.54) is 0 Å². The highest BCUT2D eigenvalue weighted by Crippen LogP contribution is 2.31. The number of nitrogens with zero attached hydrogens (tertiary/aromatic N) is 5. The van der Waals surface area contributed by atoms with E-state index in [1.54, 1.807) is 19.0 Å². The van der Waals surface area contributed by atoms with E-state index in [0.29, 0.717) is 25.3 Å². The van der Waals surface area contributed by atoms with Crippen molar-refractivity contribution < 1.29 is 4.79 Å². The molecule has 0 aliphatic heterocycles. The van der Waals surface area contributed by atoms with Crippen LogP contribution in [0, 0.1) is 0 Å². The van der Waals surface area contributed by atoms with Crippen molar-refractivity contribution in [3.8, 4) is 0 Å². The van der Waals surface area contributed by atoms with Crippen molar-refractivity contribution in [1.29, 1.82) is 0 Å². The molecular formula is C20H27BrN6O. The number of halogens is 1. The molecular weight excluding hydrogens is 420 g/mol. The fourth-order valence-electron chi connectivity index (χ4n) is 3.26. The molecule has 0 aliphatic carbocycles. The van der Waals surface area contributed by atoms with Gasteiger partial charge in [-0.05, 0) is 38.2 Å². The third-order valence-electron chi connectivity index (χ3n) is 4.97. The number of amides is 1. The molecule has 0 radical (unpaired) electrons. The summed E-state index contributed by atoms with van der Waals surface area (Å²) in [6.45, 7) is 4.46. The van der Waals surface area contributed by atoms with Gasteiger partial charge in [-0.25, -0.2) is 9.97 Å². The van der Waals surface area contributed by atoms with E-state index in [9.17, 15) is 4.79 Å². The number of hydrogen-bond acceptors (Lipinski definition) is 5. The lowest BCUT2D eigenvalue weighted by atomic mass is 10.2. The summed E-state index contributed by atoms with van der Waals surface area (Å²) < 4.78 is 3.17. The Hall–Kier alpha value is -2.19. The van der Waals surface area contributed by atoms with Crippen LogP contribution in [0.2, 0.25) is 0 Å². The predicted octanol–water partition coefficient (Wildman–Crippen LogP) is 3.25. The highest BCUT2D eigenvalue weighted by Gasteiger charge is 2.18. The molecule has 28 heavy (non-hydrogen) atoms. The Balaban J connectivity index is 2.11. The average Bonchev–Trinajstić information content (AvgIpc) is 3.00. The maximum atomic E-state index is 12.0. The van der Waals surface area contributed by atoms with Crippen LogP contribution in [-0.2, 0) is 17.9 Å². The van der Waals surface area contributed by atoms with Gasteiger partial charge < -0.3 is 15.2 Å². The minimum absolute atomic E-state index is 0.131. The molecule has 0 unspecified atom stereocenters. The number of nitrogens with two attached hydrogens (primary N) is 1. The van der Waals surface area contributed by atoms with Crippen LogP contribution >= 0.6 is 15.9 Å². The molecule has 2 heterocycles. The molecule has 0 spiro atoms. The molecule has 8 heteroatoms. The predicted molar refractivity (Wildman–Crippen MR) is 117 cm³/mol. The standard InChI is InChI=1S/C20H27BrN6O/c1-5-26(4)12-16-24-18-19(27(16)10-6-7-17(28)25(2)3)14-9-8-13(21)11-15(14)23-20(18)22/h8-9,11H,5-7,10,12H2,1-4H3,(H2,22,23). The summed E-state index contributed by atoms with van der Waals surface area (Å²) in [4.78, 5) is 25.2. The smallest absolute Gasteiger partial charge is 0.222 e. The van der Waals surface area contributed by atoms with Crippen LogP contribution in [0.4, 0.5) is 5.82 Å². The lowest BCUT2D eigenvalue weighted by molar-refractivity contribution is -0.128. The number of carbonyl (C=O) groups excluding carboxylic acids is 1. The zero-order valence-electron chi connectivity index (χ0n) is 16.9. The van der Waals surface area contributed by atoms with Crippen molar-refractivity contribution in [3.05, 3.63) is 28.5 Å². The number of anilines is 1. The third-order valence-corrected chi connectivity index (χ3v) is 5.46. The van der Waals surface area contributed by atoms with Crippen molar-refractivity contribution in [2.75, 3.05) is 33.4 Å². The van der Waals surface area contributed by atoms with E-state index in [0.717, 1.165) is 45.2 Å². The van der Waals surface area contributed by atoms with Crippen LogP contribution < -0.4 is 5.73 Å². The summed E-state index contributed by atoms with van der Waals surface area (Å²) in [6, 6.07) is 6.02. The summed E-state index contributed by atoms with van der Waals surface area (Å²) in [5, 5.41) is 1.02. The Kier molecular flexibility index (Phi) is 6.20. The molecule has 2 aromatic heterocycles. The zero-order valence-corrected chi connectivity index (χ0v) is 18.5. The molecule has 0 aliphatic rings. The lowest BCUT2D eigenvalue weighted by Crippen LogP contribution is -2.22. The van der Waals surface area contributed by atoms with Crippen LogP contribution in [0.1, 0.15) is 25.6 Å². The summed E-state index contributed by atoms with van der Waals surface area (Å²) >= 11 is 3.51. The second-order valence-electron chi connectivity index (χ2n) is 7.26. The van der Waals surface area contributed by atoms with E-state index in [-0.39, 0.29) is 5.91 Å². The minimum atomic E-state index is 0.131. The quantitative estimate of drug-likeness (QED) is 0.602. The van der Waals surface area contributed by atoms with E-state index in [1.807, 2.05) is 18.2 Å². The first-order valence-electron chi connectivity index (χ1n) is 9.44. The van der Waals surface area contributed by atoms with Crippen LogP contribution in [0.25, 0.3) is 21.9 Å². The molecule has 1 aromatic carbocycles. The monoisotopic (exact) mass is 446 g/mol. The van der Waals surface area contributed by atoms with Crippen LogP contribution in [0.15, 0.2) is 22.7 Å². The Labute approximate surface area is 173 Å². The van der Waals surface area contributed by atoms with Crippen LogP contribution in [0.3, 0.4) is 0 Å². The fourth-order valence-corrected chi connectivity index (χ4v) is 3.61. The summed E-state index contributed by atoms with van der Waals surface area (Å²) in [5.41, 5.74) is 8.81. The van der Waals surface area contributed by atoms with Crippen molar-refractivity contribution in [2.24, 2.45) is 0 Å². The number of nitrogen functional groups attached to an aromatic ring is 1. The van der Waals surface area contributed by atoms with Crippen molar-refractivity contribution in [1.82, 2.24) is 24.3 Å². The first-order valence-corrected chi connectivity index (χ1v) is 10.2. The van der Waals surface area contributed by atoms with Gasteiger partial charge in [0.2, 0.25) is 5.91 Å². The number of hydrogen-bond donors (Lipinski definition) is 1. The number of rotatable bonds is 7. The maximum Gasteiger partial charge on any atom is 0.222 e. The van der Waals surface area contributed by atoms with Gasteiger partial charge in [0.05, 0.1) is 17.6 Å². The molecule has 3 aromatic rings. The second-order valence-corrected chi connectivity index (χ2v) is 8.17. The average molecular weight is 447 g/mol. The minimum Gasteiger partial charge on any atom is -0.382 e. The number of pyridine rings is 1. The summed E-state index contributed by atoms with van der Waals surface area (Å²) in [5.74, 6) is 1.51. The van der Waals surface area contributed by atoms with Gasteiger partial charge in [0.1, 0.15) is 11.3 Å². The molecule has 2 N–H and O–H groups in total. The highest BCUT2D eigenvalue weighted by atomic mass is 79.9. The number of fused-ring (bicyclic) bond motifs is 3. The Morgan fingerprint density at radius 1 is 1.25 bits per heavy atom. The Morgan fingerprint density at radius 2 is 2.00 bits per heavy atom. The zero-order chi connectivity index (χ0) is 20.4. The van der Waals surface area contributed by atoms with Crippen molar-refractivity contribution in [2.45, 2.75) is 32.9 Å². The van der Waals surface area contributed by atoms with Gasteiger partial charge in [-0.2, -0.15) is 0 Å². The molecule has 3 rings (SSSR count). The summed E-state index contributed by atoms with van der Waals surface area (Å²) in [7, 11) is 5.64. The lowest BCUT2D eigenvalue weighted by Gasteiger charge is -2.16. The van der Waals surface area contributed by atoms with Gasteiger partial charge in [0, 0.05) is 36.9 Å². The number of imidazole rings is 1. The highest BCUT2D eigenvalue weighted by molar-refractivity contribution is 9.10. The Morgan fingerprint density at radius 3 is 2.68 bits per heavy atom. The van der Waals surface area contributed by atoms with E-state index < -0.39 is 0 Å². The SMILES string of the molecule is CCN(C)Cc1nc2c(N)nc3cc(Br)ccc3c2n1CCCC(=O)N(C)C. The van der Waals surface area contributed by atoms with E-state index in [2.05, 4.69) is 44.4 Å². The molecule has 0 saturated heterocycles. The molecule has 0 bridgehead atoms. The number of aryl methyl sites for hydroxylation is 1. The Bertz CT molecular complexity index is 1010. The molecule has 0 atom stereocenters. The fraction of sp³-hybridized carbons (Fsp3) is 0.450. The number of carbonyl (C=O) groups is 1. The van der Waals surface area contributed by atoms with Crippen LogP contribution in [0.5, 0.6) is 0 Å². The number of benzene rings is 1. The topological polar surface area (TPSA) is 80.3 Å². The molecule has 150 valence electrons. The number of aromatic nitrogens is 3. The van der Waals surface area contributed by atoms with Gasteiger partial charge >= 0.3 is 0 Å². The third kappa shape index (κ3) is 4.12. The molecule has 1 amide bonds. The summed E-state index contributed by atoms with van der Waals surface area (Å²) in [6.07, 6.45) is 1.24. The largest absolute Gasteiger partial charge is 0.382 e. The maximum absolute atomic E-state index is 12.0. The van der Waals surface area contributed by atoms with Gasteiger partial charge in [0.25, 0.3) is 0 Å². The van der Waals surface area contributed by atoms with E-state index in [4.69, 9.17) is 10.7 Å². The van der Waals surface area contributed by atoms with Crippen LogP contribution in [-0.4, -0.2) is 57.9 Å². The van der Waals surface area contributed by atoms with Gasteiger partial charge in [-0.15, -0.1) is 0 Å². The first-order chi connectivity index (χ1) is 13.3. The van der Waals surface area contributed by atoms with Gasteiger partial charge in [-0.1, -0.05) is 22.9 Å². The molecule has 0 fully saturated rings. The van der Waals surface area contributed by atoms with Crippen molar-refractivity contribution >= 4 is 49.6 Å². The van der Waals surface area contributed by atoms with Gasteiger partial charge in [-0.3, -0.25) is 9.69 Å². The molecule has 7 nitrogen and oxygen atoms in total.